The first-order chi connectivity index (χ1) is 5.65. The fourth-order valence-corrected chi connectivity index (χ4v) is 1.19. The van der Waals surface area contributed by atoms with E-state index in [1.54, 1.807) is 18.2 Å². The lowest BCUT2D eigenvalue weighted by atomic mass is 10.1. The van der Waals surface area contributed by atoms with Crippen LogP contribution in [0.3, 0.4) is 0 Å². The van der Waals surface area contributed by atoms with E-state index in [1.165, 1.54) is 6.92 Å². The first-order valence-electron chi connectivity index (χ1n) is 3.64. The number of hydrogen-bond acceptors (Lipinski definition) is 2. The minimum absolute atomic E-state index is 0.0143. The molecule has 0 saturated heterocycles. The lowest BCUT2D eigenvalue weighted by molar-refractivity contribution is 0.101. The molecular weight excluding hydrogens is 174 g/mol. The van der Waals surface area contributed by atoms with Gasteiger partial charge in [-0.1, -0.05) is 23.7 Å². The second kappa shape index (κ2) is 3.70. The number of ketones is 1. The lowest BCUT2D eigenvalue weighted by Gasteiger charge is -2.01. The third kappa shape index (κ3) is 1.84. The van der Waals surface area contributed by atoms with Crippen molar-refractivity contribution >= 4 is 17.4 Å². The number of carbonyl (C=O) groups excluding carboxylic acids is 1. The van der Waals surface area contributed by atoms with Gasteiger partial charge in [0.2, 0.25) is 0 Å². The van der Waals surface area contributed by atoms with E-state index in [-0.39, 0.29) is 5.78 Å². The second-order valence-corrected chi connectivity index (χ2v) is 2.97. The van der Waals surface area contributed by atoms with Crippen molar-refractivity contribution in [3.8, 4) is 0 Å². The molecule has 64 valence electrons. The number of benzene rings is 1. The highest BCUT2D eigenvalue weighted by molar-refractivity contribution is 6.31. The quantitative estimate of drug-likeness (QED) is 0.713. The molecule has 0 aliphatic rings. The maximum absolute atomic E-state index is 10.9. The van der Waals surface area contributed by atoms with Crippen molar-refractivity contribution in [1.82, 2.24) is 0 Å². The predicted octanol–water partition coefficient (Wildman–Crippen LogP) is 2.00. The molecule has 0 spiro atoms. The molecular formula is C9H10ClNO. The molecule has 0 saturated carbocycles. The van der Waals surface area contributed by atoms with Gasteiger partial charge in [-0.2, -0.15) is 0 Å². The van der Waals surface area contributed by atoms with Crippen molar-refractivity contribution in [3.05, 3.63) is 34.3 Å². The summed E-state index contributed by atoms with van der Waals surface area (Å²) in [7, 11) is 0. The molecule has 2 N–H and O–H groups in total. The van der Waals surface area contributed by atoms with Crippen LogP contribution in [-0.2, 0) is 6.54 Å². The van der Waals surface area contributed by atoms with Gasteiger partial charge in [0, 0.05) is 17.1 Å². The highest BCUT2D eigenvalue weighted by atomic mass is 35.5. The summed E-state index contributed by atoms with van der Waals surface area (Å²) in [6.07, 6.45) is 0. The number of nitrogens with two attached hydrogens (primary N) is 1. The lowest BCUT2D eigenvalue weighted by Crippen LogP contribution is -1.99. The van der Waals surface area contributed by atoms with Crippen LogP contribution in [0, 0.1) is 0 Å². The largest absolute Gasteiger partial charge is 0.326 e. The van der Waals surface area contributed by atoms with Crippen LogP contribution >= 0.6 is 11.6 Å². The number of halogens is 1. The molecule has 0 fully saturated rings. The summed E-state index contributed by atoms with van der Waals surface area (Å²) < 4.78 is 0. The summed E-state index contributed by atoms with van der Waals surface area (Å²) in [6, 6.07) is 5.15. The molecule has 0 aliphatic heterocycles. The molecule has 1 aromatic carbocycles. The van der Waals surface area contributed by atoms with Crippen LogP contribution in [0.15, 0.2) is 18.2 Å². The Morgan fingerprint density at radius 1 is 1.58 bits per heavy atom. The predicted molar refractivity (Wildman–Crippen MR) is 49.3 cm³/mol. The van der Waals surface area contributed by atoms with Crippen molar-refractivity contribution in [3.63, 3.8) is 0 Å². The standard InChI is InChI=1S/C9H10ClNO/c1-6(12)7-2-3-8(5-11)9(10)4-7/h2-4H,5,11H2,1H3. The second-order valence-electron chi connectivity index (χ2n) is 2.57. The molecule has 1 aromatic rings. The van der Waals surface area contributed by atoms with Gasteiger partial charge in [0.15, 0.2) is 5.78 Å². The van der Waals surface area contributed by atoms with E-state index in [2.05, 4.69) is 0 Å². The van der Waals surface area contributed by atoms with Gasteiger partial charge < -0.3 is 5.73 Å². The van der Waals surface area contributed by atoms with Crippen LogP contribution in [0.25, 0.3) is 0 Å². The van der Waals surface area contributed by atoms with E-state index in [0.29, 0.717) is 17.1 Å². The van der Waals surface area contributed by atoms with Crippen LogP contribution in [0.1, 0.15) is 22.8 Å². The van der Waals surface area contributed by atoms with E-state index in [9.17, 15) is 4.79 Å². The van der Waals surface area contributed by atoms with Gasteiger partial charge in [-0.05, 0) is 18.6 Å². The summed E-state index contributed by atoms with van der Waals surface area (Å²) in [5.41, 5.74) is 6.89. The molecule has 0 amide bonds. The summed E-state index contributed by atoms with van der Waals surface area (Å²) in [5, 5.41) is 0.560. The molecule has 0 atom stereocenters. The fraction of sp³-hybridized carbons (Fsp3) is 0.222. The molecule has 2 nitrogen and oxygen atoms in total. The summed E-state index contributed by atoms with van der Waals surface area (Å²) >= 11 is 5.84. The zero-order chi connectivity index (χ0) is 9.14. The van der Waals surface area contributed by atoms with Crippen LogP contribution in [0.4, 0.5) is 0 Å². The Hall–Kier alpha value is -0.860. The topological polar surface area (TPSA) is 43.1 Å². The van der Waals surface area contributed by atoms with Crippen LogP contribution < -0.4 is 5.73 Å². The van der Waals surface area contributed by atoms with E-state index < -0.39 is 0 Å². The van der Waals surface area contributed by atoms with Crippen LogP contribution in [0.2, 0.25) is 5.02 Å². The third-order valence-electron chi connectivity index (χ3n) is 1.68. The van der Waals surface area contributed by atoms with Gasteiger partial charge in [-0.15, -0.1) is 0 Å². The molecule has 0 heterocycles. The Kier molecular flexibility index (Phi) is 2.84. The molecule has 0 bridgehead atoms. The zero-order valence-electron chi connectivity index (χ0n) is 6.80. The summed E-state index contributed by atoms with van der Waals surface area (Å²) in [5.74, 6) is 0.0143. The average Bonchev–Trinajstić information content (AvgIpc) is 2.04. The molecule has 0 aromatic heterocycles. The van der Waals surface area contributed by atoms with E-state index in [4.69, 9.17) is 17.3 Å². The summed E-state index contributed by atoms with van der Waals surface area (Å²) in [6.45, 7) is 1.91. The highest BCUT2D eigenvalue weighted by Gasteiger charge is 2.02. The minimum atomic E-state index is 0.0143. The van der Waals surface area contributed by atoms with E-state index in [0.717, 1.165) is 5.56 Å². The Bertz CT molecular complexity index is 309. The first-order valence-corrected chi connectivity index (χ1v) is 4.02. The molecule has 12 heavy (non-hydrogen) atoms. The van der Waals surface area contributed by atoms with Gasteiger partial charge in [0.25, 0.3) is 0 Å². The maximum atomic E-state index is 10.9. The number of hydrogen-bond donors (Lipinski definition) is 1. The summed E-state index contributed by atoms with van der Waals surface area (Å²) in [4.78, 5) is 10.9. The molecule has 3 heteroatoms. The van der Waals surface area contributed by atoms with Crippen molar-refractivity contribution < 1.29 is 4.79 Å². The number of Topliss-reactive ketones (excluding diaryl/α,β-unsaturated/α-hetero) is 1. The molecule has 0 unspecified atom stereocenters. The number of carbonyl (C=O) groups is 1. The van der Waals surface area contributed by atoms with Crippen LogP contribution in [0.5, 0.6) is 0 Å². The van der Waals surface area contributed by atoms with Crippen molar-refractivity contribution in [2.24, 2.45) is 5.73 Å². The normalized spacial score (nSPS) is 9.92. The minimum Gasteiger partial charge on any atom is -0.326 e. The SMILES string of the molecule is CC(=O)c1ccc(CN)c(Cl)c1. The first kappa shape index (κ1) is 9.23. The highest BCUT2D eigenvalue weighted by Crippen LogP contribution is 2.17. The van der Waals surface area contributed by atoms with E-state index >= 15 is 0 Å². The zero-order valence-corrected chi connectivity index (χ0v) is 7.56. The van der Waals surface area contributed by atoms with E-state index in [1.807, 2.05) is 0 Å². The smallest absolute Gasteiger partial charge is 0.159 e. The number of rotatable bonds is 2. The monoisotopic (exact) mass is 183 g/mol. The Labute approximate surface area is 76.3 Å². The Morgan fingerprint density at radius 3 is 2.67 bits per heavy atom. The fourth-order valence-electron chi connectivity index (χ4n) is 0.932. The molecule has 0 aliphatic carbocycles. The van der Waals surface area contributed by atoms with Gasteiger partial charge in [-0.25, -0.2) is 0 Å². The Morgan fingerprint density at radius 2 is 2.25 bits per heavy atom. The molecule has 1 rings (SSSR count). The van der Waals surface area contributed by atoms with Gasteiger partial charge in [0.05, 0.1) is 0 Å². The van der Waals surface area contributed by atoms with Gasteiger partial charge in [-0.3, -0.25) is 4.79 Å². The Balaban J connectivity index is 3.10. The van der Waals surface area contributed by atoms with Crippen molar-refractivity contribution in [1.29, 1.82) is 0 Å². The van der Waals surface area contributed by atoms with Crippen molar-refractivity contribution in [2.75, 3.05) is 0 Å². The third-order valence-corrected chi connectivity index (χ3v) is 2.03. The maximum Gasteiger partial charge on any atom is 0.159 e. The van der Waals surface area contributed by atoms with Gasteiger partial charge in [0.1, 0.15) is 0 Å². The average molecular weight is 184 g/mol. The van der Waals surface area contributed by atoms with Crippen molar-refractivity contribution in [2.45, 2.75) is 13.5 Å². The molecule has 0 radical (unpaired) electrons. The van der Waals surface area contributed by atoms with Crippen LogP contribution in [-0.4, -0.2) is 5.78 Å². The van der Waals surface area contributed by atoms with Gasteiger partial charge >= 0.3 is 0 Å².